The summed E-state index contributed by atoms with van der Waals surface area (Å²) in [5, 5.41) is 6.98. The van der Waals surface area contributed by atoms with Crippen LogP contribution in [-0.4, -0.2) is 48.3 Å². The van der Waals surface area contributed by atoms with Crippen LogP contribution in [0, 0.1) is 0 Å². The third kappa shape index (κ3) is 3.44. The lowest BCUT2D eigenvalue weighted by molar-refractivity contribution is 0.184. The minimum Gasteiger partial charge on any atom is -0.324 e. The summed E-state index contributed by atoms with van der Waals surface area (Å²) in [4.78, 5) is 33.6. The molecule has 9 heteroatoms. The molecule has 2 amide bonds. The maximum Gasteiger partial charge on any atom is 0.326 e. The number of benzene rings is 1. The van der Waals surface area contributed by atoms with Crippen molar-refractivity contribution in [3.8, 4) is 0 Å². The van der Waals surface area contributed by atoms with Crippen molar-refractivity contribution >= 4 is 23.0 Å². The quantitative estimate of drug-likeness (QED) is 0.736. The second-order valence-corrected chi connectivity index (χ2v) is 6.80. The van der Waals surface area contributed by atoms with Crippen molar-refractivity contribution < 1.29 is 4.79 Å². The molecule has 1 aliphatic rings. The number of carbonyl (C=O) groups is 1. The molecule has 0 spiro atoms. The number of aromatic nitrogens is 5. The van der Waals surface area contributed by atoms with E-state index in [0.29, 0.717) is 19.0 Å². The van der Waals surface area contributed by atoms with Gasteiger partial charge in [0.15, 0.2) is 0 Å². The number of anilines is 1. The molecule has 1 fully saturated rings. The molecular weight excluding hydrogens is 346 g/mol. The van der Waals surface area contributed by atoms with E-state index >= 15 is 0 Å². The molecule has 3 aromatic rings. The van der Waals surface area contributed by atoms with E-state index < -0.39 is 0 Å². The second-order valence-electron chi connectivity index (χ2n) is 6.80. The molecule has 1 aliphatic heterocycles. The molecule has 0 atom stereocenters. The highest BCUT2D eigenvalue weighted by molar-refractivity contribution is 5.87. The Morgan fingerprint density at radius 3 is 2.85 bits per heavy atom. The number of rotatable bonds is 4. The largest absolute Gasteiger partial charge is 0.326 e. The van der Waals surface area contributed by atoms with Crippen molar-refractivity contribution in [3.05, 3.63) is 41.1 Å². The van der Waals surface area contributed by atoms with E-state index in [-0.39, 0.29) is 17.8 Å². The number of nitrogens with zero attached hydrogens (tertiary/aromatic N) is 5. The fraction of sp³-hybridized carbons (Fsp3) is 0.444. The Kier molecular flexibility index (Phi) is 4.66. The normalized spacial score (nSPS) is 15.4. The van der Waals surface area contributed by atoms with Gasteiger partial charge in [0.1, 0.15) is 6.33 Å². The molecule has 1 aromatic carbocycles. The summed E-state index contributed by atoms with van der Waals surface area (Å²) in [5.41, 5.74) is 1.66. The minimum absolute atomic E-state index is 0.0830. The summed E-state index contributed by atoms with van der Waals surface area (Å²) < 4.78 is 3.53. The molecule has 0 unspecified atom stereocenters. The molecular formula is C18H23N7O2. The number of urea groups is 1. The van der Waals surface area contributed by atoms with Crippen molar-refractivity contribution in [1.29, 1.82) is 0 Å². The van der Waals surface area contributed by atoms with Gasteiger partial charge in [0, 0.05) is 25.7 Å². The van der Waals surface area contributed by atoms with E-state index in [2.05, 4.69) is 27.3 Å². The van der Waals surface area contributed by atoms with Crippen LogP contribution < -0.4 is 11.0 Å². The number of H-pyrrole nitrogens is 1. The molecule has 0 radical (unpaired) electrons. The van der Waals surface area contributed by atoms with Gasteiger partial charge in [0.2, 0.25) is 5.95 Å². The number of aromatic amines is 1. The average molecular weight is 369 g/mol. The average Bonchev–Trinajstić information content (AvgIpc) is 3.25. The van der Waals surface area contributed by atoms with Crippen LogP contribution >= 0.6 is 0 Å². The lowest BCUT2D eigenvalue weighted by Gasteiger charge is -2.32. The summed E-state index contributed by atoms with van der Waals surface area (Å²) >= 11 is 0. The molecule has 27 heavy (non-hydrogen) atoms. The summed E-state index contributed by atoms with van der Waals surface area (Å²) in [6, 6.07) is 7.57. The maximum absolute atomic E-state index is 12.5. The third-order valence-electron chi connectivity index (χ3n) is 4.95. The van der Waals surface area contributed by atoms with Gasteiger partial charge in [-0.05, 0) is 31.4 Å². The first kappa shape index (κ1) is 17.3. The molecule has 0 bridgehead atoms. The Labute approximate surface area is 156 Å². The lowest BCUT2D eigenvalue weighted by Crippen LogP contribution is -2.42. The van der Waals surface area contributed by atoms with Gasteiger partial charge in [-0.25, -0.2) is 14.6 Å². The standard InChI is InChI=1S/C18H23N7O2/c1-2-9-24-12-19-16(22-24)21-17(26)23-10-7-13(8-11-23)25-15-6-4-3-5-14(15)20-18(25)27/h3-6,12-13H,2,7-11H2,1H3,(H,20,27)(H,21,22,26). The summed E-state index contributed by atoms with van der Waals surface area (Å²) in [6.07, 6.45) is 4.03. The van der Waals surface area contributed by atoms with Gasteiger partial charge in [-0.3, -0.25) is 14.6 Å². The van der Waals surface area contributed by atoms with Crippen molar-refractivity contribution in [2.75, 3.05) is 18.4 Å². The minimum atomic E-state index is -0.200. The van der Waals surface area contributed by atoms with Crippen LogP contribution in [-0.2, 0) is 6.54 Å². The Hall–Kier alpha value is -3.10. The molecule has 142 valence electrons. The smallest absolute Gasteiger partial charge is 0.324 e. The predicted octanol–water partition coefficient (Wildman–Crippen LogP) is 2.20. The molecule has 2 N–H and O–H groups in total. The van der Waals surface area contributed by atoms with Gasteiger partial charge in [0.05, 0.1) is 11.0 Å². The van der Waals surface area contributed by atoms with Gasteiger partial charge in [0.25, 0.3) is 0 Å². The highest BCUT2D eigenvalue weighted by atomic mass is 16.2. The van der Waals surface area contributed by atoms with Crippen molar-refractivity contribution in [2.24, 2.45) is 0 Å². The van der Waals surface area contributed by atoms with Crippen LogP contribution in [0.3, 0.4) is 0 Å². The van der Waals surface area contributed by atoms with Crippen molar-refractivity contribution in [1.82, 2.24) is 29.2 Å². The number of piperidine rings is 1. The fourth-order valence-electron chi connectivity index (χ4n) is 3.63. The Morgan fingerprint density at radius 1 is 1.30 bits per heavy atom. The van der Waals surface area contributed by atoms with Crippen LogP contribution in [0.1, 0.15) is 32.2 Å². The first-order valence-electron chi connectivity index (χ1n) is 9.30. The van der Waals surface area contributed by atoms with E-state index in [9.17, 15) is 9.59 Å². The Bertz CT molecular complexity index is 994. The van der Waals surface area contributed by atoms with Gasteiger partial charge < -0.3 is 9.88 Å². The maximum atomic E-state index is 12.5. The van der Waals surface area contributed by atoms with Crippen LogP contribution in [0.2, 0.25) is 0 Å². The number of fused-ring (bicyclic) bond motifs is 1. The SMILES string of the molecule is CCCn1cnc(NC(=O)N2CCC(n3c(=O)[nH]c4ccccc43)CC2)n1. The molecule has 2 aromatic heterocycles. The zero-order valence-corrected chi connectivity index (χ0v) is 15.3. The number of aryl methyl sites for hydroxylation is 1. The molecule has 0 saturated carbocycles. The highest BCUT2D eigenvalue weighted by Gasteiger charge is 2.26. The molecule has 3 heterocycles. The number of imidazole rings is 1. The molecule has 0 aliphatic carbocycles. The zero-order valence-electron chi connectivity index (χ0n) is 15.3. The predicted molar refractivity (Wildman–Crippen MR) is 102 cm³/mol. The van der Waals surface area contributed by atoms with E-state index in [4.69, 9.17) is 0 Å². The van der Waals surface area contributed by atoms with Crippen LogP contribution in [0.25, 0.3) is 11.0 Å². The Balaban J connectivity index is 1.40. The number of carbonyl (C=O) groups excluding carboxylic acids is 1. The summed E-state index contributed by atoms with van der Waals surface area (Å²) in [5.74, 6) is 0.323. The monoisotopic (exact) mass is 369 g/mol. The number of likely N-dealkylation sites (tertiary alicyclic amines) is 1. The number of hydrogen-bond donors (Lipinski definition) is 2. The summed E-state index contributed by atoms with van der Waals surface area (Å²) in [7, 11) is 0. The van der Waals surface area contributed by atoms with E-state index in [0.717, 1.165) is 36.8 Å². The van der Waals surface area contributed by atoms with E-state index in [1.54, 1.807) is 15.9 Å². The van der Waals surface area contributed by atoms with Gasteiger partial charge in [-0.15, -0.1) is 5.10 Å². The van der Waals surface area contributed by atoms with Crippen LogP contribution in [0.4, 0.5) is 10.7 Å². The fourth-order valence-corrected chi connectivity index (χ4v) is 3.63. The first-order valence-corrected chi connectivity index (χ1v) is 9.30. The highest BCUT2D eigenvalue weighted by Crippen LogP contribution is 2.25. The number of amides is 2. The first-order chi connectivity index (χ1) is 13.2. The topological polar surface area (TPSA) is 101 Å². The lowest BCUT2D eigenvalue weighted by atomic mass is 10.0. The van der Waals surface area contributed by atoms with E-state index in [1.807, 2.05) is 28.8 Å². The molecule has 1 saturated heterocycles. The van der Waals surface area contributed by atoms with Gasteiger partial charge >= 0.3 is 11.7 Å². The number of nitrogens with one attached hydrogen (secondary N) is 2. The van der Waals surface area contributed by atoms with Crippen LogP contribution in [0.5, 0.6) is 0 Å². The zero-order chi connectivity index (χ0) is 18.8. The summed E-state index contributed by atoms with van der Waals surface area (Å²) in [6.45, 7) is 3.99. The van der Waals surface area contributed by atoms with Crippen molar-refractivity contribution in [3.63, 3.8) is 0 Å². The van der Waals surface area contributed by atoms with Gasteiger partial charge in [-0.2, -0.15) is 0 Å². The third-order valence-corrected chi connectivity index (χ3v) is 4.95. The second kappa shape index (κ2) is 7.26. The van der Waals surface area contributed by atoms with Crippen LogP contribution in [0.15, 0.2) is 35.4 Å². The molecule has 4 rings (SSSR count). The van der Waals surface area contributed by atoms with E-state index in [1.165, 1.54) is 0 Å². The molecule has 9 nitrogen and oxygen atoms in total. The van der Waals surface area contributed by atoms with Gasteiger partial charge in [-0.1, -0.05) is 19.1 Å². The van der Waals surface area contributed by atoms with Crippen molar-refractivity contribution in [2.45, 2.75) is 38.8 Å². The number of para-hydroxylation sites is 2. The number of hydrogen-bond acceptors (Lipinski definition) is 4. The Morgan fingerprint density at radius 2 is 2.07 bits per heavy atom.